The van der Waals surface area contributed by atoms with Gasteiger partial charge in [0.15, 0.2) is 4.90 Å². The van der Waals surface area contributed by atoms with E-state index in [2.05, 4.69) is 10.0 Å². The molecule has 0 spiro atoms. The molecule has 1 rings (SSSR count). The number of benzene rings is 1. The molecule has 7 nitrogen and oxygen atoms in total. The van der Waals surface area contributed by atoms with E-state index in [1.54, 1.807) is 7.05 Å². The fourth-order valence-electron chi connectivity index (χ4n) is 1.45. The Morgan fingerprint density at radius 3 is 2.63 bits per heavy atom. The quantitative estimate of drug-likeness (QED) is 0.435. The molecule has 0 saturated heterocycles. The van der Waals surface area contributed by atoms with Crippen LogP contribution in [0.2, 0.25) is 0 Å². The summed E-state index contributed by atoms with van der Waals surface area (Å²) in [5.41, 5.74) is -0.777. The lowest BCUT2D eigenvalue weighted by molar-refractivity contribution is -0.388. The van der Waals surface area contributed by atoms with Crippen LogP contribution in [-0.4, -0.2) is 33.5 Å². The van der Waals surface area contributed by atoms with Crippen molar-refractivity contribution < 1.29 is 17.7 Å². The van der Waals surface area contributed by atoms with E-state index in [0.717, 1.165) is 18.2 Å². The molecule has 19 heavy (non-hydrogen) atoms. The van der Waals surface area contributed by atoms with E-state index in [0.29, 0.717) is 13.0 Å². The van der Waals surface area contributed by atoms with Crippen LogP contribution in [0, 0.1) is 15.9 Å². The molecule has 106 valence electrons. The van der Waals surface area contributed by atoms with Crippen LogP contribution in [0.15, 0.2) is 23.1 Å². The van der Waals surface area contributed by atoms with Crippen molar-refractivity contribution in [3.8, 4) is 0 Å². The summed E-state index contributed by atoms with van der Waals surface area (Å²) in [5, 5.41) is 13.6. The molecule has 1 aromatic rings. The van der Waals surface area contributed by atoms with Crippen molar-refractivity contribution in [1.82, 2.24) is 10.0 Å². The van der Waals surface area contributed by atoms with Crippen LogP contribution < -0.4 is 10.0 Å². The van der Waals surface area contributed by atoms with E-state index in [9.17, 15) is 22.9 Å². The van der Waals surface area contributed by atoms with Gasteiger partial charge in [-0.15, -0.1) is 0 Å². The topological polar surface area (TPSA) is 101 Å². The summed E-state index contributed by atoms with van der Waals surface area (Å²) >= 11 is 0. The number of nitro groups is 1. The average Bonchev–Trinajstić information content (AvgIpc) is 2.34. The average molecular weight is 291 g/mol. The van der Waals surface area contributed by atoms with Crippen molar-refractivity contribution in [3.05, 3.63) is 34.1 Å². The van der Waals surface area contributed by atoms with Gasteiger partial charge in [0.25, 0.3) is 5.69 Å². The molecule has 0 aliphatic rings. The molecule has 0 unspecified atom stereocenters. The molecule has 0 aliphatic carbocycles. The fourth-order valence-corrected chi connectivity index (χ4v) is 2.75. The number of nitrogens with one attached hydrogen (secondary N) is 2. The number of hydrogen-bond donors (Lipinski definition) is 2. The predicted molar refractivity (Wildman–Crippen MR) is 66.8 cm³/mol. The maximum absolute atomic E-state index is 13.5. The predicted octanol–water partition coefficient (Wildman–Crippen LogP) is 0.622. The molecule has 1 aromatic carbocycles. The zero-order valence-corrected chi connectivity index (χ0v) is 11.0. The molecule has 0 heterocycles. The Morgan fingerprint density at radius 1 is 1.37 bits per heavy atom. The van der Waals surface area contributed by atoms with Crippen molar-refractivity contribution in [2.24, 2.45) is 0 Å². The van der Waals surface area contributed by atoms with Gasteiger partial charge in [-0.3, -0.25) is 10.1 Å². The number of nitrogens with zero attached hydrogens (tertiary/aromatic N) is 1. The third-order valence-electron chi connectivity index (χ3n) is 2.31. The van der Waals surface area contributed by atoms with Crippen LogP contribution in [0.5, 0.6) is 0 Å². The highest BCUT2D eigenvalue weighted by molar-refractivity contribution is 7.89. The number of nitro benzene ring substituents is 1. The van der Waals surface area contributed by atoms with Gasteiger partial charge in [0, 0.05) is 12.6 Å². The van der Waals surface area contributed by atoms with E-state index in [1.165, 1.54) is 0 Å². The van der Waals surface area contributed by atoms with E-state index in [4.69, 9.17) is 0 Å². The summed E-state index contributed by atoms with van der Waals surface area (Å²) in [6.45, 7) is 0.635. The first-order chi connectivity index (χ1) is 8.90. The van der Waals surface area contributed by atoms with Crippen LogP contribution in [0.1, 0.15) is 6.42 Å². The van der Waals surface area contributed by atoms with Crippen LogP contribution in [0.3, 0.4) is 0 Å². The van der Waals surface area contributed by atoms with Crippen molar-refractivity contribution >= 4 is 15.7 Å². The Hall–Kier alpha value is -1.58. The first kappa shape index (κ1) is 15.5. The van der Waals surface area contributed by atoms with Crippen LogP contribution in [-0.2, 0) is 10.0 Å². The van der Waals surface area contributed by atoms with Gasteiger partial charge in [-0.1, -0.05) is 6.07 Å². The Morgan fingerprint density at radius 2 is 2.05 bits per heavy atom. The largest absolute Gasteiger partial charge is 0.320 e. The molecule has 0 radical (unpaired) electrons. The minimum absolute atomic E-state index is 0.0641. The van der Waals surface area contributed by atoms with Gasteiger partial charge in [0.2, 0.25) is 10.0 Å². The summed E-state index contributed by atoms with van der Waals surface area (Å²) in [4.78, 5) is 8.88. The summed E-state index contributed by atoms with van der Waals surface area (Å²) in [6.07, 6.45) is 0.484. The molecule has 0 aliphatic heterocycles. The zero-order valence-electron chi connectivity index (χ0n) is 10.2. The van der Waals surface area contributed by atoms with Gasteiger partial charge in [-0.25, -0.2) is 17.5 Å². The first-order valence-corrected chi connectivity index (χ1v) is 6.95. The van der Waals surface area contributed by atoms with Crippen molar-refractivity contribution in [3.63, 3.8) is 0 Å². The monoisotopic (exact) mass is 291 g/mol. The third-order valence-corrected chi connectivity index (χ3v) is 3.83. The maximum Gasteiger partial charge on any atom is 0.292 e. The molecule has 0 aromatic heterocycles. The molecule has 0 fully saturated rings. The molecule has 0 saturated carbocycles. The minimum atomic E-state index is -4.24. The Labute approximate surface area is 110 Å². The molecule has 0 atom stereocenters. The van der Waals surface area contributed by atoms with E-state index < -0.39 is 31.3 Å². The van der Waals surface area contributed by atoms with Crippen molar-refractivity contribution in [1.29, 1.82) is 0 Å². The molecular formula is C10H14FN3O4S. The van der Waals surface area contributed by atoms with Gasteiger partial charge in [-0.2, -0.15) is 0 Å². The molecule has 0 bridgehead atoms. The maximum atomic E-state index is 13.5. The second-order valence-electron chi connectivity index (χ2n) is 3.70. The van der Waals surface area contributed by atoms with E-state index in [-0.39, 0.29) is 6.54 Å². The highest BCUT2D eigenvalue weighted by Crippen LogP contribution is 2.25. The number of halogens is 1. The van der Waals surface area contributed by atoms with Crippen LogP contribution in [0.25, 0.3) is 0 Å². The smallest absolute Gasteiger partial charge is 0.292 e. The summed E-state index contributed by atoms with van der Waals surface area (Å²) in [7, 11) is -2.54. The Bertz CT molecular complexity index is 562. The van der Waals surface area contributed by atoms with Crippen LogP contribution >= 0.6 is 0 Å². The summed E-state index contributed by atoms with van der Waals surface area (Å²) in [6, 6.07) is 2.91. The van der Waals surface area contributed by atoms with Gasteiger partial charge < -0.3 is 5.32 Å². The minimum Gasteiger partial charge on any atom is -0.320 e. The molecule has 9 heteroatoms. The SMILES string of the molecule is CNCCCNS(=O)(=O)c1c(F)cccc1[N+](=O)[O-]. The van der Waals surface area contributed by atoms with E-state index >= 15 is 0 Å². The van der Waals surface area contributed by atoms with Crippen LogP contribution in [0.4, 0.5) is 10.1 Å². The Balaban J connectivity index is 3.04. The van der Waals surface area contributed by atoms with Crippen molar-refractivity contribution in [2.45, 2.75) is 11.3 Å². The van der Waals surface area contributed by atoms with Gasteiger partial charge in [0.05, 0.1) is 4.92 Å². The third kappa shape index (κ3) is 3.94. The van der Waals surface area contributed by atoms with Crippen molar-refractivity contribution in [2.75, 3.05) is 20.1 Å². The fraction of sp³-hybridized carbons (Fsp3) is 0.400. The second kappa shape index (κ2) is 6.55. The van der Waals surface area contributed by atoms with Gasteiger partial charge >= 0.3 is 0 Å². The standard InChI is InChI=1S/C10H14FN3O4S/c1-12-6-3-7-13-19(17,18)10-8(11)4-2-5-9(10)14(15)16/h2,4-5,12-13H,3,6-7H2,1H3. The first-order valence-electron chi connectivity index (χ1n) is 5.47. The Kier molecular flexibility index (Phi) is 5.33. The lowest BCUT2D eigenvalue weighted by Gasteiger charge is -2.07. The summed E-state index contributed by atoms with van der Waals surface area (Å²) in [5.74, 6) is -1.14. The van der Waals surface area contributed by atoms with E-state index in [1.807, 2.05) is 0 Å². The number of sulfonamides is 1. The van der Waals surface area contributed by atoms with Gasteiger partial charge in [-0.05, 0) is 26.1 Å². The van der Waals surface area contributed by atoms with Gasteiger partial charge in [0.1, 0.15) is 5.82 Å². The lowest BCUT2D eigenvalue weighted by Crippen LogP contribution is -2.28. The molecule has 0 amide bonds. The summed E-state index contributed by atoms with van der Waals surface area (Å²) < 4.78 is 39.4. The second-order valence-corrected chi connectivity index (χ2v) is 5.40. The highest BCUT2D eigenvalue weighted by atomic mass is 32.2. The number of rotatable bonds is 7. The normalized spacial score (nSPS) is 11.5. The number of hydrogen-bond acceptors (Lipinski definition) is 5. The lowest BCUT2D eigenvalue weighted by atomic mass is 10.3. The highest BCUT2D eigenvalue weighted by Gasteiger charge is 2.29. The molecule has 2 N–H and O–H groups in total. The zero-order chi connectivity index (χ0) is 14.5. The molecular weight excluding hydrogens is 277 g/mol.